The molecular formula is C26H30BrO2P. The summed E-state index contributed by atoms with van der Waals surface area (Å²) in [6, 6.07) is 33.3. The lowest BCUT2D eigenvalue weighted by molar-refractivity contribution is -0.147. The number of rotatable bonds is 7. The van der Waals surface area contributed by atoms with Crippen LogP contribution < -0.4 is 32.9 Å². The lowest BCUT2D eigenvalue weighted by Gasteiger charge is -2.34. The molecule has 0 N–H and O–H groups in total. The van der Waals surface area contributed by atoms with Gasteiger partial charge in [-0.25, -0.2) is 0 Å². The van der Waals surface area contributed by atoms with E-state index in [1.54, 1.807) is 0 Å². The first kappa shape index (κ1) is 23.2. The highest BCUT2D eigenvalue weighted by Gasteiger charge is 2.50. The molecule has 1 unspecified atom stereocenters. The van der Waals surface area contributed by atoms with Crippen molar-refractivity contribution in [1.29, 1.82) is 0 Å². The van der Waals surface area contributed by atoms with Crippen LogP contribution in [0, 0.1) is 0 Å². The summed E-state index contributed by atoms with van der Waals surface area (Å²) in [7, 11) is -1.84. The first-order valence-electron chi connectivity index (χ1n) is 10.5. The fourth-order valence-corrected chi connectivity index (χ4v) is 9.43. The van der Waals surface area contributed by atoms with Gasteiger partial charge in [-0.2, -0.15) is 0 Å². The van der Waals surface area contributed by atoms with Crippen LogP contribution in [0.1, 0.15) is 26.7 Å². The highest BCUT2D eigenvalue weighted by atomic mass is 79.9. The smallest absolute Gasteiger partial charge is 0.165 e. The maximum atomic E-state index is 5.91. The number of benzene rings is 3. The molecule has 0 spiro atoms. The van der Waals surface area contributed by atoms with E-state index < -0.39 is 13.0 Å². The number of hydrogen-bond donors (Lipinski definition) is 0. The van der Waals surface area contributed by atoms with Crippen molar-refractivity contribution in [1.82, 2.24) is 0 Å². The molecule has 0 radical (unpaired) electrons. The van der Waals surface area contributed by atoms with Gasteiger partial charge in [-0.3, -0.25) is 0 Å². The zero-order valence-corrected chi connectivity index (χ0v) is 20.2. The first-order chi connectivity index (χ1) is 14.2. The largest absolute Gasteiger partial charge is 1.00 e. The SMILES string of the molecule is CC(CCC1(C)OCCO1)[P+](c1ccccc1)(c1ccccc1)c1ccccc1.[Br-]. The van der Waals surface area contributed by atoms with Crippen molar-refractivity contribution in [2.24, 2.45) is 0 Å². The summed E-state index contributed by atoms with van der Waals surface area (Å²) >= 11 is 0. The molecule has 1 fully saturated rings. The summed E-state index contributed by atoms with van der Waals surface area (Å²) < 4.78 is 11.8. The quantitative estimate of drug-likeness (QED) is 0.477. The fourth-order valence-electron chi connectivity index (χ4n) is 4.57. The van der Waals surface area contributed by atoms with Crippen molar-refractivity contribution in [2.45, 2.75) is 38.1 Å². The van der Waals surface area contributed by atoms with E-state index in [9.17, 15) is 0 Å². The van der Waals surface area contributed by atoms with Gasteiger partial charge in [0.25, 0.3) is 0 Å². The number of halogens is 1. The Morgan fingerprint density at radius 3 is 1.47 bits per heavy atom. The van der Waals surface area contributed by atoms with Crippen LogP contribution in [0.15, 0.2) is 91.0 Å². The van der Waals surface area contributed by atoms with E-state index in [1.165, 1.54) is 15.9 Å². The molecule has 0 bridgehead atoms. The molecule has 3 aromatic carbocycles. The van der Waals surface area contributed by atoms with Gasteiger partial charge in [0.1, 0.15) is 23.2 Å². The van der Waals surface area contributed by atoms with Crippen LogP contribution in [0.5, 0.6) is 0 Å². The molecule has 1 saturated heterocycles. The predicted molar refractivity (Wildman–Crippen MR) is 124 cm³/mol. The third kappa shape index (κ3) is 4.55. The minimum Gasteiger partial charge on any atom is -1.00 e. The third-order valence-electron chi connectivity index (χ3n) is 6.07. The molecule has 4 rings (SSSR count). The summed E-state index contributed by atoms with van der Waals surface area (Å²) in [5.41, 5.74) is 0.458. The topological polar surface area (TPSA) is 18.5 Å². The Labute approximate surface area is 191 Å². The van der Waals surface area contributed by atoms with Crippen LogP contribution in [0.25, 0.3) is 0 Å². The highest BCUT2D eigenvalue weighted by Crippen LogP contribution is 2.61. The van der Waals surface area contributed by atoms with Crippen LogP contribution in [0.3, 0.4) is 0 Å². The standard InChI is InChI=1S/C26H30O2P.BrH/c1-22(18-19-26(2)27-20-21-28-26)29(23-12-6-3-7-13-23,24-14-8-4-9-15-24)25-16-10-5-11-17-25;/h3-17,22H,18-21H2,1-2H3;1H/q+1;/p-1. The van der Waals surface area contributed by atoms with E-state index in [4.69, 9.17) is 9.47 Å². The van der Waals surface area contributed by atoms with Gasteiger partial charge in [0, 0.05) is 6.42 Å². The molecule has 0 amide bonds. The molecule has 3 aromatic rings. The van der Waals surface area contributed by atoms with Gasteiger partial charge in [0.2, 0.25) is 0 Å². The first-order valence-corrected chi connectivity index (χ1v) is 12.3. The molecule has 1 aliphatic rings. The Balaban J connectivity index is 0.00000256. The monoisotopic (exact) mass is 484 g/mol. The summed E-state index contributed by atoms with van der Waals surface area (Å²) in [6.45, 7) is 5.89. The molecule has 1 heterocycles. The van der Waals surface area contributed by atoms with Gasteiger partial charge in [0.15, 0.2) is 5.79 Å². The van der Waals surface area contributed by atoms with Crippen molar-refractivity contribution < 1.29 is 26.5 Å². The summed E-state index contributed by atoms with van der Waals surface area (Å²) in [6.07, 6.45) is 1.95. The van der Waals surface area contributed by atoms with Gasteiger partial charge in [-0.15, -0.1) is 0 Å². The summed E-state index contributed by atoms with van der Waals surface area (Å²) in [5, 5.41) is 4.30. The zero-order chi connectivity index (χ0) is 20.2. The van der Waals surface area contributed by atoms with E-state index in [0.717, 1.165) is 12.8 Å². The van der Waals surface area contributed by atoms with E-state index in [2.05, 4.69) is 105 Å². The fraction of sp³-hybridized carbons (Fsp3) is 0.308. The lowest BCUT2D eigenvalue weighted by Crippen LogP contribution is -3.00. The third-order valence-corrected chi connectivity index (χ3v) is 11.0. The molecule has 0 saturated carbocycles. The molecule has 30 heavy (non-hydrogen) atoms. The Bertz CT molecular complexity index is 799. The minimum absolute atomic E-state index is 0. The zero-order valence-electron chi connectivity index (χ0n) is 17.7. The highest BCUT2D eigenvalue weighted by molar-refractivity contribution is 7.96. The molecular weight excluding hydrogens is 455 g/mol. The van der Waals surface area contributed by atoms with Gasteiger partial charge in [0.05, 0.1) is 18.9 Å². The number of ether oxygens (including phenoxy) is 2. The van der Waals surface area contributed by atoms with Gasteiger partial charge < -0.3 is 26.5 Å². The average molecular weight is 485 g/mol. The normalized spacial score (nSPS) is 16.6. The van der Waals surface area contributed by atoms with Crippen molar-refractivity contribution >= 4 is 23.2 Å². The van der Waals surface area contributed by atoms with Crippen LogP contribution in [0.2, 0.25) is 0 Å². The van der Waals surface area contributed by atoms with Crippen molar-refractivity contribution in [2.75, 3.05) is 13.2 Å². The summed E-state index contributed by atoms with van der Waals surface area (Å²) in [5.74, 6) is -0.450. The Morgan fingerprint density at radius 1 is 0.733 bits per heavy atom. The second-order valence-electron chi connectivity index (χ2n) is 7.95. The average Bonchev–Trinajstić information content (AvgIpc) is 3.22. The molecule has 0 aliphatic carbocycles. The molecule has 0 aromatic heterocycles. The molecule has 1 atom stereocenters. The van der Waals surface area contributed by atoms with Gasteiger partial charge in [-0.1, -0.05) is 54.6 Å². The van der Waals surface area contributed by atoms with E-state index >= 15 is 0 Å². The van der Waals surface area contributed by atoms with Crippen molar-refractivity contribution in [3.8, 4) is 0 Å². The lowest BCUT2D eigenvalue weighted by atomic mass is 10.1. The van der Waals surface area contributed by atoms with E-state index in [0.29, 0.717) is 18.9 Å². The predicted octanol–water partition coefficient (Wildman–Crippen LogP) is 1.92. The van der Waals surface area contributed by atoms with Crippen LogP contribution in [-0.2, 0) is 9.47 Å². The maximum Gasteiger partial charge on any atom is 0.165 e. The van der Waals surface area contributed by atoms with Crippen LogP contribution in [-0.4, -0.2) is 24.7 Å². The van der Waals surface area contributed by atoms with Gasteiger partial charge >= 0.3 is 0 Å². The second kappa shape index (κ2) is 10.2. The molecule has 2 nitrogen and oxygen atoms in total. The minimum atomic E-state index is -1.84. The maximum absolute atomic E-state index is 5.91. The Kier molecular flexibility index (Phi) is 7.87. The van der Waals surface area contributed by atoms with Crippen LogP contribution in [0.4, 0.5) is 0 Å². The molecule has 158 valence electrons. The molecule has 4 heteroatoms. The summed E-state index contributed by atoms with van der Waals surface area (Å²) in [4.78, 5) is 0. The van der Waals surface area contributed by atoms with E-state index in [-0.39, 0.29) is 17.0 Å². The van der Waals surface area contributed by atoms with Crippen molar-refractivity contribution in [3.63, 3.8) is 0 Å². The Morgan fingerprint density at radius 2 is 1.10 bits per heavy atom. The van der Waals surface area contributed by atoms with E-state index in [1.807, 2.05) is 0 Å². The molecule has 1 aliphatic heterocycles. The number of hydrogen-bond acceptors (Lipinski definition) is 2. The van der Waals surface area contributed by atoms with Crippen LogP contribution >= 0.6 is 7.26 Å². The second-order valence-corrected chi connectivity index (χ2v) is 11.8. The van der Waals surface area contributed by atoms with Gasteiger partial charge in [-0.05, 0) is 56.7 Å². The van der Waals surface area contributed by atoms with Crippen molar-refractivity contribution in [3.05, 3.63) is 91.0 Å². The Hall–Kier alpha value is -1.51.